The zero-order chi connectivity index (χ0) is 13.4. The van der Waals surface area contributed by atoms with Crippen molar-refractivity contribution in [2.75, 3.05) is 5.32 Å². The van der Waals surface area contributed by atoms with Gasteiger partial charge in [0, 0.05) is 17.2 Å². The zero-order valence-corrected chi connectivity index (χ0v) is 10.5. The van der Waals surface area contributed by atoms with Gasteiger partial charge < -0.3 is 20.3 Å². The lowest BCUT2D eigenvalue weighted by atomic mass is 10.2. The molecule has 1 aliphatic rings. The number of hydrogen-bond acceptors (Lipinski definition) is 4. The molecular formula is C14H10ClNO3. The number of benzene rings is 2. The first kappa shape index (κ1) is 11.7. The predicted molar refractivity (Wildman–Crippen MR) is 73.5 cm³/mol. The Morgan fingerprint density at radius 2 is 1.89 bits per heavy atom. The van der Waals surface area contributed by atoms with Crippen LogP contribution in [0.3, 0.4) is 0 Å². The van der Waals surface area contributed by atoms with Gasteiger partial charge in [-0.1, -0.05) is 17.7 Å². The summed E-state index contributed by atoms with van der Waals surface area (Å²) in [5.41, 5.74) is 1.54. The molecule has 1 heterocycles. The Morgan fingerprint density at radius 1 is 1.05 bits per heavy atom. The Morgan fingerprint density at radius 3 is 2.68 bits per heavy atom. The van der Waals surface area contributed by atoms with Gasteiger partial charge in [-0.2, -0.15) is 0 Å². The number of aromatic hydroxyl groups is 2. The first-order valence-electron chi connectivity index (χ1n) is 5.60. The lowest BCUT2D eigenvalue weighted by molar-refractivity contribution is 0.403. The second-order valence-electron chi connectivity index (χ2n) is 4.12. The molecule has 2 aromatic rings. The van der Waals surface area contributed by atoms with Crippen LogP contribution in [0, 0.1) is 0 Å². The Labute approximate surface area is 114 Å². The summed E-state index contributed by atoms with van der Waals surface area (Å²) < 4.78 is 5.58. The van der Waals surface area contributed by atoms with Crippen LogP contribution < -0.4 is 10.1 Å². The molecule has 0 bridgehead atoms. The number of nitrogens with one attached hydrogen (secondary N) is 1. The van der Waals surface area contributed by atoms with E-state index in [1.54, 1.807) is 24.3 Å². The molecule has 0 saturated heterocycles. The second-order valence-corrected chi connectivity index (χ2v) is 4.56. The fourth-order valence-electron chi connectivity index (χ4n) is 1.81. The highest BCUT2D eigenvalue weighted by Crippen LogP contribution is 2.36. The van der Waals surface area contributed by atoms with Gasteiger partial charge in [0.25, 0.3) is 0 Å². The molecular weight excluding hydrogens is 266 g/mol. The molecule has 0 unspecified atom stereocenters. The van der Waals surface area contributed by atoms with Crippen LogP contribution in [0.4, 0.5) is 5.69 Å². The van der Waals surface area contributed by atoms with Gasteiger partial charge in [0.2, 0.25) is 0 Å². The van der Waals surface area contributed by atoms with Crippen LogP contribution >= 0.6 is 11.6 Å². The van der Waals surface area contributed by atoms with E-state index < -0.39 is 0 Å². The van der Waals surface area contributed by atoms with E-state index in [-0.39, 0.29) is 11.5 Å². The summed E-state index contributed by atoms with van der Waals surface area (Å²) in [6.45, 7) is 0. The minimum atomic E-state index is -0.173. The summed E-state index contributed by atoms with van der Waals surface area (Å²) in [5, 5.41) is 22.4. The third-order valence-electron chi connectivity index (χ3n) is 2.72. The van der Waals surface area contributed by atoms with Crippen LogP contribution in [-0.2, 0) is 0 Å². The van der Waals surface area contributed by atoms with Crippen LogP contribution in [0.25, 0.3) is 6.08 Å². The molecule has 0 saturated carbocycles. The van der Waals surface area contributed by atoms with Crippen molar-refractivity contribution in [3.05, 3.63) is 52.9 Å². The third kappa shape index (κ3) is 2.30. The van der Waals surface area contributed by atoms with Crippen molar-refractivity contribution in [1.29, 1.82) is 0 Å². The Balaban J connectivity index is 1.89. The number of ether oxygens (including phenoxy) is 1. The maximum atomic E-state index is 9.43. The van der Waals surface area contributed by atoms with Crippen LogP contribution in [0.2, 0.25) is 5.02 Å². The molecule has 0 radical (unpaired) electrons. The highest BCUT2D eigenvalue weighted by Gasteiger charge is 2.16. The summed E-state index contributed by atoms with van der Waals surface area (Å²) in [6.07, 6.45) is 1.72. The van der Waals surface area contributed by atoms with Crippen LogP contribution in [-0.4, -0.2) is 10.2 Å². The maximum absolute atomic E-state index is 9.43. The molecule has 0 amide bonds. The lowest BCUT2D eigenvalue weighted by Crippen LogP contribution is -1.95. The maximum Gasteiger partial charge on any atom is 0.198 e. The smallest absolute Gasteiger partial charge is 0.198 e. The van der Waals surface area contributed by atoms with E-state index in [4.69, 9.17) is 16.3 Å². The third-order valence-corrected chi connectivity index (χ3v) is 2.95. The highest BCUT2D eigenvalue weighted by atomic mass is 35.5. The molecule has 3 rings (SSSR count). The van der Waals surface area contributed by atoms with Gasteiger partial charge in [-0.25, -0.2) is 0 Å². The molecule has 2 aromatic carbocycles. The van der Waals surface area contributed by atoms with E-state index >= 15 is 0 Å². The van der Waals surface area contributed by atoms with Gasteiger partial charge in [0.1, 0.15) is 0 Å². The first-order chi connectivity index (χ1) is 9.11. The molecule has 0 aliphatic carbocycles. The molecule has 19 heavy (non-hydrogen) atoms. The summed E-state index contributed by atoms with van der Waals surface area (Å²) in [6, 6.07) is 9.85. The van der Waals surface area contributed by atoms with Crippen molar-refractivity contribution in [1.82, 2.24) is 0 Å². The van der Waals surface area contributed by atoms with Gasteiger partial charge in [0.05, 0.1) is 5.69 Å². The number of rotatable bonds is 1. The van der Waals surface area contributed by atoms with Crippen molar-refractivity contribution in [2.24, 2.45) is 0 Å². The van der Waals surface area contributed by atoms with Gasteiger partial charge in [-0.05, 0) is 29.8 Å². The molecule has 0 spiro atoms. The summed E-state index contributed by atoms with van der Waals surface area (Å²) >= 11 is 5.88. The van der Waals surface area contributed by atoms with E-state index in [1.807, 2.05) is 6.07 Å². The Hall–Kier alpha value is -2.33. The standard InChI is InChI=1S/C14H10ClNO3/c15-9-2-3-10-13(7-9)19-14(16-10)6-8-1-4-11(17)12(18)5-8/h1-7,16-18H/b14-6-. The largest absolute Gasteiger partial charge is 0.504 e. The fourth-order valence-corrected chi connectivity index (χ4v) is 1.97. The van der Waals surface area contributed by atoms with Gasteiger partial charge in [-0.15, -0.1) is 0 Å². The van der Waals surface area contributed by atoms with Crippen molar-refractivity contribution in [3.8, 4) is 17.2 Å². The van der Waals surface area contributed by atoms with Gasteiger partial charge >= 0.3 is 0 Å². The van der Waals surface area contributed by atoms with E-state index in [1.165, 1.54) is 12.1 Å². The first-order valence-corrected chi connectivity index (χ1v) is 5.98. The zero-order valence-electron chi connectivity index (χ0n) is 9.72. The van der Waals surface area contributed by atoms with Crippen molar-refractivity contribution in [3.63, 3.8) is 0 Å². The van der Waals surface area contributed by atoms with E-state index in [0.29, 0.717) is 22.2 Å². The van der Waals surface area contributed by atoms with E-state index in [2.05, 4.69) is 5.32 Å². The molecule has 0 aromatic heterocycles. The lowest BCUT2D eigenvalue weighted by Gasteiger charge is -2.01. The molecule has 3 N–H and O–H groups in total. The molecule has 0 atom stereocenters. The number of hydrogen-bond donors (Lipinski definition) is 3. The topological polar surface area (TPSA) is 61.7 Å². The van der Waals surface area contributed by atoms with Crippen LogP contribution in [0.1, 0.15) is 5.56 Å². The summed E-state index contributed by atoms with van der Waals surface area (Å²) in [5.74, 6) is 0.856. The molecule has 5 heteroatoms. The monoisotopic (exact) mass is 275 g/mol. The summed E-state index contributed by atoms with van der Waals surface area (Å²) in [7, 11) is 0. The van der Waals surface area contributed by atoms with Crippen molar-refractivity contribution in [2.45, 2.75) is 0 Å². The minimum Gasteiger partial charge on any atom is -0.504 e. The average Bonchev–Trinajstić information content (AvgIpc) is 2.75. The van der Waals surface area contributed by atoms with E-state index in [9.17, 15) is 10.2 Å². The van der Waals surface area contributed by atoms with Gasteiger partial charge in [-0.3, -0.25) is 0 Å². The van der Waals surface area contributed by atoms with Crippen LogP contribution in [0.15, 0.2) is 42.3 Å². The number of phenolic OH excluding ortho intramolecular Hbond substituents is 2. The SMILES string of the molecule is Oc1ccc(/C=C2/Nc3ccc(Cl)cc3O2)cc1O. The number of halogens is 1. The Bertz CT molecular complexity index is 682. The highest BCUT2D eigenvalue weighted by molar-refractivity contribution is 6.30. The van der Waals surface area contributed by atoms with E-state index in [0.717, 1.165) is 5.69 Å². The quantitative estimate of drug-likeness (QED) is 0.697. The normalized spacial score (nSPS) is 14.9. The molecule has 4 nitrogen and oxygen atoms in total. The number of phenols is 2. The number of fused-ring (bicyclic) bond motifs is 1. The molecule has 0 fully saturated rings. The minimum absolute atomic E-state index is 0.155. The Kier molecular flexibility index (Phi) is 2.72. The van der Waals surface area contributed by atoms with Gasteiger partial charge in [0.15, 0.2) is 23.1 Å². The molecule has 96 valence electrons. The average molecular weight is 276 g/mol. The predicted octanol–water partition coefficient (Wildman–Crippen LogP) is 3.55. The van der Waals surface area contributed by atoms with Crippen molar-refractivity contribution >= 4 is 23.4 Å². The fraction of sp³-hybridized carbons (Fsp3) is 0. The van der Waals surface area contributed by atoms with Crippen LogP contribution in [0.5, 0.6) is 17.2 Å². The van der Waals surface area contributed by atoms with Crippen molar-refractivity contribution < 1.29 is 14.9 Å². The number of anilines is 1. The molecule has 1 aliphatic heterocycles. The second kappa shape index (κ2) is 4.40. The summed E-state index contributed by atoms with van der Waals surface area (Å²) in [4.78, 5) is 0.